The number of nitrogens with two attached hydrogens (primary N) is 1. The summed E-state index contributed by atoms with van der Waals surface area (Å²) in [5, 5.41) is 19.3. The fourth-order valence-electron chi connectivity index (χ4n) is 4.19. The monoisotopic (exact) mass is 454 g/mol. The number of rotatable bonds is 4. The molecule has 1 unspecified atom stereocenters. The number of hydrogen-bond acceptors (Lipinski definition) is 7. The molecule has 11 heteroatoms. The van der Waals surface area contributed by atoms with Crippen LogP contribution in [-0.2, 0) is 7.05 Å². The Kier molecular flexibility index (Phi) is 4.37. The van der Waals surface area contributed by atoms with E-state index in [0.29, 0.717) is 33.9 Å². The zero-order valence-corrected chi connectivity index (χ0v) is 18.3. The van der Waals surface area contributed by atoms with Gasteiger partial charge < -0.3 is 5.73 Å². The Bertz CT molecular complexity index is 1680. The van der Waals surface area contributed by atoms with E-state index in [1.165, 1.54) is 17.1 Å². The van der Waals surface area contributed by atoms with Crippen molar-refractivity contribution in [1.82, 2.24) is 44.5 Å². The van der Waals surface area contributed by atoms with Crippen molar-refractivity contribution in [1.29, 1.82) is 0 Å². The van der Waals surface area contributed by atoms with Gasteiger partial charge in [0.15, 0.2) is 5.65 Å². The van der Waals surface area contributed by atoms with Crippen molar-refractivity contribution in [2.45, 2.75) is 13.0 Å². The molecule has 0 aliphatic heterocycles. The zero-order valence-electron chi connectivity index (χ0n) is 18.3. The number of para-hydroxylation sites is 1. The quantitative estimate of drug-likeness (QED) is 0.434. The van der Waals surface area contributed by atoms with Gasteiger partial charge in [-0.25, -0.2) is 23.7 Å². The van der Waals surface area contributed by atoms with E-state index in [0.717, 1.165) is 16.5 Å². The van der Waals surface area contributed by atoms with Gasteiger partial charge in [0.25, 0.3) is 0 Å². The van der Waals surface area contributed by atoms with E-state index in [1.807, 2.05) is 36.9 Å². The number of nitrogens with zero attached hydrogens (tertiary/aromatic N) is 9. The lowest BCUT2D eigenvalue weighted by molar-refractivity contribution is 0.565. The van der Waals surface area contributed by atoms with Gasteiger partial charge in [-0.2, -0.15) is 10.2 Å². The SMILES string of the molecule is CC(c1cn(-c2ccccc2F)nn1)n1nc(-c2cccc3c2cnn3C)c2c(N)ncnc21. The van der Waals surface area contributed by atoms with Gasteiger partial charge in [-0.3, -0.25) is 4.68 Å². The van der Waals surface area contributed by atoms with Gasteiger partial charge in [-0.15, -0.1) is 5.10 Å². The Morgan fingerprint density at radius 1 is 1.06 bits per heavy atom. The number of fused-ring (bicyclic) bond motifs is 2. The Balaban J connectivity index is 1.52. The number of nitrogen functional groups attached to an aromatic ring is 1. The highest BCUT2D eigenvalue weighted by atomic mass is 19.1. The standard InChI is InChI=1S/C23H19FN10/c1-13(17-11-33(31-29-17)19-8-4-3-7-16(19)24)34-23-20(22(25)26-12-27-23)21(30-34)14-6-5-9-18-15(14)10-28-32(18)2/h3-13H,1-2H3,(H2,25,26,27). The maximum atomic E-state index is 14.2. The van der Waals surface area contributed by atoms with E-state index >= 15 is 0 Å². The maximum Gasteiger partial charge on any atom is 0.164 e. The van der Waals surface area contributed by atoms with Gasteiger partial charge in [0.2, 0.25) is 0 Å². The summed E-state index contributed by atoms with van der Waals surface area (Å²) in [6.45, 7) is 1.93. The first-order chi connectivity index (χ1) is 16.5. The Hall–Kier alpha value is -4.67. The van der Waals surface area contributed by atoms with Crippen LogP contribution < -0.4 is 5.73 Å². The molecule has 6 aromatic rings. The zero-order chi connectivity index (χ0) is 23.4. The average Bonchev–Trinajstić information content (AvgIpc) is 3.57. The van der Waals surface area contributed by atoms with Gasteiger partial charge in [0.1, 0.15) is 35.0 Å². The van der Waals surface area contributed by atoms with E-state index in [2.05, 4.69) is 25.4 Å². The summed E-state index contributed by atoms with van der Waals surface area (Å²) >= 11 is 0. The molecule has 1 atom stereocenters. The van der Waals surface area contributed by atoms with Gasteiger partial charge >= 0.3 is 0 Å². The minimum Gasteiger partial charge on any atom is -0.383 e. The molecule has 2 N–H and O–H groups in total. The highest BCUT2D eigenvalue weighted by Crippen LogP contribution is 2.36. The minimum absolute atomic E-state index is 0.314. The molecule has 4 heterocycles. The van der Waals surface area contributed by atoms with Crippen LogP contribution >= 0.6 is 0 Å². The van der Waals surface area contributed by atoms with Crippen LogP contribution in [0.25, 0.3) is 38.9 Å². The maximum absolute atomic E-state index is 14.2. The highest BCUT2D eigenvalue weighted by molar-refractivity contribution is 6.05. The van der Waals surface area contributed by atoms with Crippen molar-refractivity contribution in [3.05, 3.63) is 72.7 Å². The van der Waals surface area contributed by atoms with Crippen LogP contribution in [-0.4, -0.2) is 44.5 Å². The second kappa shape index (κ2) is 7.44. The Morgan fingerprint density at radius 3 is 2.76 bits per heavy atom. The number of hydrogen-bond donors (Lipinski definition) is 1. The summed E-state index contributed by atoms with van der Waals surface area (Å²) in [5.41, 5.74) is 10.3. The molecule has 4 aromatic heterocycles. The van der Waals surface area contributed by atoms with Gasteiger partial charge in [0.05, 0.1) is 29.3 Å². The van der Waals surface area contributed by atoms with Crippen LogP contribution in [0.4, 0.5) is 10.2 Å². The molecule has 2 aromatic carbocycles. The molecule has 0 aliphatic rings. The number of aromatic nitrogens is 9. The summed E-state index contributed by atoms with van der Waals surface area (Å²) < 4.78 is 19.2. The van der Waals surface area contributed by atoms with Gasteiger partial charge in [-0.05, 0) is 25.1 Å². The van der Waals surface area contributed by atoms with Crippen molar-refractivity contribution in [2.24, 2.45) is 7.05 Å². The highest BCUT2D eigenvalue weighted by Gasteiger charge is 2.24. The van der Waals surface area contributed by atoms with Crippen molar-refractivity contribution in [2.75, 3.05) is 5.73 Å². The fraction of sp³-hybridized carbons (Fsp3) is 0.130. The van der Waals surface area contributed by atoms with E-state index in [9.17, 15) is 4.39 Å². The van der Waals surface area contributed by atoms with Crippen LogP contribution in [0.3, 0.4) is 0 Å². The summed E-state index contributed by atoms with van der Waals surface area (Å²) in [4.78, 5) is 8.67. The third-order valence-corrected chi connectivity index (χ3v) is 5.97. The molecule has 10 nitrogen and oxygen atoms in total. The van der Waals surface area contributed by atoms with Crippen LogP contribution in [0.5, 0.6) is 0 Å². The second-order valence-electron chi connectivity index (χ2n) is 7.97. The molecule has 0 amide bonds. The van der Waals surface area contributed by atoms with Crippen LogP contribution in [0.2, 0.25) is 0 Å². The topological polar surface area (TPSA) is 118 Å². The van der Waals surface area contributed by atoms with Crippen molar-refractivity contribution in [3.63, 3.8) is 0 Å². The van der Waals surface area contributed by atoms with E-state index in [-0.39, 0.29) is 11.9 Å². The molecule has 0 spiro atoms. The smallest absolute Gasteiger partial charge is 0.164 e. The lowest BCUT2D eigenvalue weighted by Gasteiger charge is -2.09. The molecule has 0 saturated heterocycles. The predicted octanol–water partition coefficient (Wildman–Crippen LogP) is 3.29. The van der Waals surface area contributed by atoms with Crippen molar-refractivity contribution >= 4 is 27.8 Å². The van der Waals surface area contributed by atoms with E-state index < -0.39 is 0 Å². The number of benzene rings is 2. The van der Waals surface area contributed by atoms with Gasteiger partial charge in [0, 0.05) is 18.0 Å². The van der Waals surface area contributed by atoms with Crippen LogP contribution in [0.1, 0.15) is 18.7 Å². The third-order valence-electron chi connectivity index (χ3n) is 5.97. The van der Waals surface area contributed by atoms with Crippen LogP contribution in [0.15, 0.2) is 61.2 Å². The first-order valence-electron chi connectivity index (χ1n) is 10.6. The molecule has 0 fully saturated rings. The summed E-state index contributed by atoms with van der Waals surface area (Å²) in [5.74, 6) is -0.0575. The Labute approximate surface area is 192 Å². The lowest BCUT2D eigenvalue weighted by atomic mass is 10.1. The second-order valence-corrected chi connectivity index (χ2v) is 7.97. The van der Waals surface area contributed by atoms with E-state index in [1.54, 1.807) is 35.3 Å². The average molecular weight is 454 g/mol. The number of aryl methyl sites for hydroxylation is 1. The van der Waals surface area contributed by atoms with Gasteiger partial charge in [-0.1, -0.05) is 29.5 Å². The first-order valence-corrected chi connectivity index (χ1v) is 10.6. The van der Waals surface area contributed by atoms with Crippen molar-refractivity contribution < 1.29 is 4.39 Å². The molecule has 0 saturated carbocycles. The molecule has 34 heavy (non-hydrogen) atoms. The number of halogens is 1. The predicted molar refractivity (Wildman–Crippen MR) is 125 cm³/mol. The van der Waals surface area contributed by atoms with E-state index in [4.69, 9.17) is 10.8 Å². The first kappa shape index (κ1) is 20.0. The molecular formula is C23H19FN10. The fourth-order valence-corrected chi connectivity index (χ4v) is 4.19. The molecule has 0 aliphatic carbocycles. The summed E-state index contributed by atoms with van der Waals surface area (Å²) in [7, 11) is 1.89. The Morgan fingerprint density at radius 2 is 1.91 bits per heavy atom. The summed E-state index contributed by atoms with van der Waals surface area (Å²) in [6, 6.07) is 12.0. The summed E-state index contributed by atoms with van der Waals surface area (Å²) in [6.07, 6.45) is 4.90. The molecule has 168 valence electrons. The molecule has 6 rings (SSSR count). The molecule has 0 radical (unpaired) electrons. The number of anilines is 1. The van der Waals surface area contributed by atoms with Crippen LogP contribution in [0, 0.1) is 5.82 Å². The third kappa shape index (κ3) is 2.94. The lowest BCUT2D eigenvalue weighted by Crippen LogP contribution is -2.10. The van der Waals surface area contributed by atoms with Crippen molar-refractivity contribution in [3.8, 4) is 16.9 Å². The minimum atomic E-state index is -0.386. The largest absolute Gasteiger partial charge is 0.383 e. The molecule has 0 bridgehead atoms. The molecular weight excluding hydrogens is 435 g/mol. The normalized spacial score (nSPS) is 12.6.